The molecule has 4 aromatic rings. The van der Waals surface area contributed by atoms with Crippen LogP contribution in [0.3, 0.4) is 0 Å². The van der Waals surface area contributed by atoms with Gasteiger partial charge in [0.1, 0.15) is 6.04 Å². The molecule has 1 unspecified atom stereocenters. The molecule has 142 valence electrons. The zero-order valence-electron chi connectivity index (χ0n) is 15.1. The first-order valence-corrected chi connectivity index (χ1v) is 9.98. The van der Waals surface area contributed by atoms with Gasteiger partial charge < -0.3 is 5.32 Å². The number of hydrogen-bond acceptors (Lipinski definition) is 5. The van der Waals surface area contributed by atoms with E-state index in [-0.39, 0.29) is 5.91 Å². The Hall–Kier alpha value is -3.04. The van der Waals surface area contributed by atoms with Crippen LogP contribution in [0, 0.1) is 4.77 Å². The maximum Gasteiger partial charge on any atom is 0.247 e. The molecule has 1 atom stereocenters. The van der Waals surface area contributed by atoms with Crippen LogP contribution in [-0.4, -0.2) is 30.5 Å². The smallest absolute Gasteiger partial charge is 0.247 e. The lowest BCUT2D eigenvalue weighted by Gasteiger charge is -2.14. The SMILES string of the molecule is CC(C(=O)Nc1cnn(Cc2ccccc2)c1)n1c(-c2cccs2)n[nH]c1=S. The summed E-state index contributed by atoms with van der Waals surface area (Å²) >= 11 is 6.88. The Kier molecular flexibility index (Phi) is 5.18. The summed E-state index contributed by atoms with van der Waals surface area (Å²) < 4.78 is 3.92. The molecule has 0 aliphatic rings. The lowest BCUT2D eigenvalue weighted by atomic mass is 10.2. The van der Waals surface area contributed by atoms with E-state index in [0.29, 0.717) is 22.8 Å². The van der Waals surface area contributed by atoms with Gasteiger partial charge in [0.05, 0.1) is 23.3 Å². The van der Waals surface area contributed by atoms with Crippen molar-refractivity contribution in [2.45, 2.75) is 19.5 Å². The Morgan fingerprint density at radius 2 is 2.11 bits per heavy atom. The van der Waals surface area contributed by atoms with Gasteiger partial charge in [-0.1, -0.05) is 36.4 Å². The molecule has 0 spiro atoms. The van der Waals surface area contributed by atoms with Crippen LogP contribution in [0.5, 0.6) is 0 Å². The number of H-pyrrole nitrogens is 1. The van der Waals surface area contributed by atoms with Gasteiger partial charge in [-0.05, 0) is 36.2 Å². The first-order valence-electron chi connectivity index (χ1n) is 8.70. The van der Waals surface area contributed by atoms with E-state index < -0.39 is 6.04 Å². The van der Waals surface area contributed by atoms with Crippen LogP contribution in [0.4, 0.5) is 5.69 Å². The van der Waals surface area contributed by atoms with Crippen LogP contribution >= 0.6 is 23.6 Å². The summed E-state index contributed by atoms with van der Waals surface area (Å²) in [6.45, 7) is 2.44. The summed E-state index contributed by atoms with van der Waals surface area (Å²) in [5.41, 5.74) is 1.78. The van der Waals surface area contributed by atoms with Gasteiger partial charge in [0.25, 0.3) is 0 Å². The molecule has 0 saturated heterocycles. The number of nitrogens with zero attached hydrogens (tertiary/aromatic N) is 4. The third kappa shape index (κ3) is 3.80. The molecule has 0 radical (unpaired) electrons. The van der Waals surface area contributed by atoms with Crippen molar-refractivity contribution in [1.29, 1.82) is 0 Å². The zero-order chi connectivity index (χ0) is 19.5. The molecule has 3 aromatic heterocycles. The van der Waals surface area contributed by atoms with Gasteiger partial charge in [-0.3, -0.25) is 19.1 Å². The number of hydrogen-bond donors (Lipinski definition) is 2. The number of anilines is 1. The van der Waals surface area contributed by atoms with Gasteiger partial charge in [0.15, 0.2) is 10.6 Å². The highest BCUT2D eigenvalue weighted by Gasteiger charge is 2.21. The number of aromatic nitrogens is 5. The van der Waals surface area contributed by atoms with Crippen molar-refractivity contribution in [2.75, 3.05) is 5.32 Å². The number of benzene rings is 1. The Labute approximate surface area is 170 Å². The largest absolute Gasteiger partial charge is 0.322 e. The Morgan fingerprint density at radius 3 is 2.86 bits per heavy atom. The highest BCUT2D eigenvalue weighted by Crippen LogP contribution is 2.26. The van der Waals surface area contributed by atoms with Crippen molar-refractivity contribution < 1.29 is 4.79 Å². The van der Waals surface area contributed by atoms with E-state index in [1.807, 2.05) is 54.0 Å². The maximum atomic E-state index is 12.8. The Morgan fingerprint density at radius 1 is 1.29 bits per heavy atom. The predicted octanol–water partition coefficient (Wildman–Crippen LogP) is 4.11. The summed E-state index contributed by atoms with van der Waals surface area (Å²) in [4.78, 5) is 13.7. The summed E-state index contributed by atoms with van der Waals surface area (Å²) in [7, 11) is 0. The standard InChI is InChI=1S/C19H18N6OS2/c1-13(25-17(22-23-19(25)27)16-8-5-9-28-16)18(26)21-15-10-20-24(12-15)11-14-6-3-2-4-7-14/h2-10,12-13H,11H2,1H3,(H,21,26)(H,23,27). The number of carbonyl (C=O) groups is 1. The van der Waals surface area contributed by atoms with Crippen molar-refractivity contribution in [3.63, 3.8) is 0 Å². The minimum absolute atomic E-state index is 0.186. The van der Waals surface area contributed by atoms with Gasteiger partial charge >= 0.3 is 0 Å². The van der Waals surface area contributed by atoms with Crippen molar-refractivity contribution in [1.82, 2.24) is 24.5 Å². The number of thiophene rings is 1. The van der Waals surface area contributed by atoms with Crippen molar-refractivity contribution >= 4 is 35.1 Å². The fraction of sp³-hybridized carbons (Fsp3) is 0.158. The minimum atomic E-state index is -0.527. The number of carbonyl (C=O) groups excluding carboxylic acids is 1. The van der Waals surface area contributed by atoms with Crippen LogP contribution in [0.25, 0.3) is 10.7 Å². The average Bonchev–Trinajstić information content (AvgIpc) is 3.43. The molecule has 1 amide bonds. The molecule has 0 fully saturated rings. The van der Waals surface area contributed by atoms with Gasteiger partial charge in [-0.25, -0.2) is 0 Å². The van der Waals surface area contributed by atoms with Gasteiger partial charge in [0.2, 0.25) is 5.91 Å². The number of nitrogens with one attached hydrogen (secondary N) is 2. The number of aromatic amines is 1. The van der Waals surface area contributed by atoms with Gasteiger partial charge in [0, 0.05) is 6.20 Å². The van der Waals surface area contributed by atoms with Gasteiger partial charge in [-0.15, -0.1) is 11.3 Å². The molecule has 28 heavy (non-hydrogen) atoms. The second kappa shape index (κ2) is 7.91. The molecule has 3 heterocycles. The second-order valence-corrected chi connectivity index (χ2v) is 7.61. The lowest BCUT2D eigenvalue weighted by Crippen LogP contribution is -2.24. The van der Waals surface area contributed by atoms with E-state index in [1.54, 1.807) is 33.7 Å². The summed E-state index contributed by atoms with van der Waals surface area (Å²) in [6, 6.07) is 13.4. The highest BCUT2D eigenvalue weighted by molar-refractivity contribution is 7.71. The van der Waals surface area contributed by atoms with Crippen LogP contribution < -0.4 is 5.32 Å². The topological polar surface area (TPSA) is 80.5 Å². The molecule has 0 aliphatic heterocycles. The van der Waals surface area contributed by atoms with E-state index >= 15 is 0 Å². The Bertz CT molecular complexity index is 1130. The van der Waals surface area contributed by atoms with Crippen molar-refractivity contribution in [3.05, 3.63) is 70.6 Å². The quantitative estimate of drug-likeness (QED) is 0.469. The molecule has 0 bridgehead atoms. The third-order valence-electron chi connectivity index (χ3n) is 4.30. The van der Waals surface area contributed by atoms with Crippen LogP contribution in [0.2, 0.25) is 0 Å². The number of amides is 1. The highest BCUT2D eigenvalue weighted by atomic mass is 32.1. The molecular formula is C19H18N6OS2. The van der Waals surface area contributed by atoms with Gasteiger partial charge in [-0.2, -0.15) is 10.2 Å². The van der Waals surface area contributed by atoms with E-state index in [1.165, 1.54) is 0 Å². The van der Waals surface area contributed by atoms with E-state index in [2.05, 4.69) is 20.6 Å². The average molecular weight is 411 g/mol. The second-order valence-electron chi connectivity index (χ2n) is 6.28. The summed E-state index contributed by atoms with van der Waals surface area (Å²) in [6.07, 6.45) is 3.45. The third-order valence-corrected chi connectivity index (χ3v) is 5.45. The first-order chi connectivity index (χ1) is 13.6. The minimum Gasteiger partial charge on any atom is -0.322 e. The summed E-state index contributed by atoms with van der Waals surface area (Å²) in [5.74, 6) is 0.469. The molecule has 1 aromatic carbocycles. The lowest BCUT2D eigenvalue weighted by molar-refractivity contribution is -0.118. The molecule has 7 nitrogen and oxygen atoms in total. The summed E-state index contributed by atoms with van der Waals surface area (Å²) in [5, 5.41) is 16.3. The molecule has 0 saturated carbocycles. The normalized spacial score (nSPS) is 12.0. The predicted molar refractivity (Wildman–Crippen MR) is 112 cm³/mol. The van der Waals surface area contributed by atoms with E-state index in [9.17, 15) is 4.79 Å². The maximum absolute atomic E-state index is 12.8. The fourth-order valence-electron chi connectivity index (χ4n) is 2.89. The fourth-order valence-corrected chi connectivity index (χ4v) is 3.89. The molecule has 9 heteroatoms. The van der Waals surface area contributed by atoms with Crippen molar-refractivity contribution in [2.24, 2.45) is 0 Å². The molecular weight excluding hydrogens is 392 g/mol. The number of rotatable bonds is 6. The van der Waals surface area contributed by atoms with E-state index in [0.717, 1.165) is 10.4 Å². The Balaban J connectivity index is 1.49. The molecule has 4 rings (SSSR count). The van der Waals surface area contributed by atoms with Crippen LogP contribution in [0.15, 0.2) is 60.2 Å². The van der Waals surface area contributed by atoms with Crippen LogP contribution in [-0.2, 0) is 11.3 Å². The first kappa shape index (κ1) is 18.3. The van der Waals surface area contributed by atoms with E-state index in [4.69, 9.17) is 12.2 Å². The molecule has 2 N–H and O–H groups in total. The molecule has 0 aliphatic carbocycles. The zero-order valence-corrected chi connectivity index (χ0v) is 16.7. The monoisotopic (exact) mass is 410 g/mol. The van der Waals surface area contributed by atoms with Crippen LogP contribution in [0.1, 0.15) is 18.5 Å². The van der Waals surface area contributed by atoms with Crippen molar-refractivity contribution in [3.8, 4) is 10.7 Å².